The van der Waals surface area contributed by atoms with Gasteiger partial charge in [0, 0.05) is 12.6 Å². The first-order valence-electron chi connectivity index (χ1n) is 10.7. The maximum absolute atomic E-state index is 13.3. The van der Waals surface area contributed by atoms with E-state index < -0.39 is 17.4 Å². The van der Waals surface area contributed by atoms with Gasteiger partial charge in [-0.1, -0.05) is 31.1 Å². The smallest absolute Gasteiger partial charge is 0.323 e. The van der Waals surface area contributed by atoms with Crippen LogP contribution in [0.2, 0.25) is 0 Å². The van der Waals surface area contributed by atoms with Gasteiger partial charge in [0.05, 0.1) is 35.5 Å². The molecule has 1 aliphatic carbocycles. The molecule has 4 aliphatic rings. The molecule has 30 heavy (non-hydrogen) atoms. The zero-order chi connectivity index (χ0) is 20.5. The summed E-state index contributed by atoms with van der Waals surface area (Å²) in [6.07, 6.45) is 8.02. The number of likely N-dealkylation sites (tertiary alicyclic amines) is 1. The van der Waals surface area contributed by atoms with Gasteiger partial charge in [-0.15, -0.1) is 0 Å². The number of carbonyl (C=O) groups excluding carboxylic acids is 2. The van der Waals surface area contributed by atoms with Crippen LogP contribution in [0.3, 0.4) is 0 Å². The molecule has 2 amide bonds. The Kier molecular flexibility index (Phi) is 3.78. The van der Waals surface area contributed by atoms with E-state index in [1.807, 2.05) is 35.3 Å². The molecule has 0 radical (unpaired) electrons. The molecule has 3 N–H and O–H groups in total. The Hall–Kier alpha value is -2.87. The maximum Gasteiger partial charge on any atom is 0.323 e. The second-order valence-corrected chi connectivity index (χ2v) is 8.98. The van der Waals surface area contributed by atoms with Gasteiger partial charge in [-0.25, -0.2) is 4.79 Å². The van der Waals surface area contributed by atoms with E-state index in [0.717, 1.165) is 36.8 Å². The van der Waals surface area contributed by atoms with Crippen molar-refractivity contribution in [3.8, 4) is 0 Å². The van der Waals surface area contributed by atoms with Crippen LogP contribution in [0.25, 0.3) is 11.0 Å². The molecule has 3 aliphatic heterocycles. The van der Waals surface area contributed by atoms with Gasteiger partial charge in [0.15, 0.2) is 0 Å². The number of amides is 2. The Morgan fingerprint density at radius 2 is 2.00 bits per heavy atom. The first-order valence-corrected chi connectivity index (χ1v) is 10.7. The lowest BCUT2D eigenvalue weighted by Gasteiger charge is -2.27. The number of H-pyrrole nitrogens is 2. The van der Waals surface area contributed by atoms with E-state index >= 15 is 0 Å². The standard InChI is InChI=1S/C22H24N4O4/c27-19(23-10-12-5-6-14-15(9-12)25-21(29)24-14)17-16-7-8-22(30-16)11-26(20(28)18(17)22)13-3-1-2-4-13/h5-9,13,16-18H,1-4,10-11H2,(H,23,27)(H2,24,25,29)/t16-,17-,18+,22+/m1/s1. The third-order valence-electron chi connectivity index (χ3n) is 7.24. The van der Waals surface area contributed by atoms with Crippen LogP contribution >= 0.6 is 0 Å². The fourth-order valence-corrected chi connectivity index (χ4v) is 5.85. The van der Waals surface area contributed by atoms with E-state index in [-0.39, 0.29) is 29.6 Å². The molecule has 1 saturated carbocycles. The number of hydrogen-bond acceptors (Lipinski definition) is 4. The molecule has 1 aromatic heterocycles. The molecule has 3 fully saturated rings. The number of ether oxygens (including phenoxy) is 1. The van der Waals surface area contributed by atoms with Crippen molar-refractivity contribution in [2.45, 2.75) is 50.0 Å². The lowest BCUT2D eigenvalue weighted by molar-refractivity contribution is -0.138. The second kappa shape index (κ2) is 6.31. The van der Waals surface area contributed by atoms with Gasteiger partial charge in [-0.05, 0) is 30.5 Å². The van der Waals surface area contributed by atoms with Gasteiger partial charge in [-0.2, -0.15) is 0 Å². The first kappa shape index (κ1) is 17.9. The van der Waals surface area contributed by atoms with Crippen LogP contribution in [0.5, 0.6) is 0 Å². The van der Waals surface area contributed by atoms with Gasteiger partial charge < -0.3 is 24.9 Å². The molecular formula is C22H24N4O4. The highest BCUT2D eigenvalue weighted by atomic mass is 16.5. The van der Waals surface area contributed by atoms with Crippen molar-refractivity contribution >= 4 is 22.8 Å². The number of fused-ring (bicyclic) bond motifs is 2. The highest BCUT2D eigenvalue weighted by Gasteiger charge is 2.67. The molecule has 1 spiro atoms. The molecule has 1 aromatic carbocycles. The molecule has 6 rings (SSSR count). The summed E-state index contributed by atoms with van der Waals surface area (Å²) in [7, 11) is 0. The molecule has 4 atom stereocenters. The lowest BCUT2D eigenvalue weighted by Crippen LogP contribution is -2.44. The Morgan fingerprint density at radius 3 is 2.83 bits per heavy atom. The normalized spacial score (nSPS) is 32.5. The van der Waals surface area contributed by atoms with Crippen molar-refractivity contribution in [2.75, 3.05) is 6.54 Å². The summed E-state index contributed by atoms with van der Waals surface area (Å²) in [5, 5.41) is 2.99. The summed E-state index contributed by atoms with van der Waals surface area (Å²) >= 11 is 0. The maximum atomic E-state index is 13.3. The highest BCUT2D eigenvalue weighted by molar-refractivity contribution is 5.93. The molecule has 2 saturated heterocycles. The molecule has 4 heterocycles. The van der Waals surface area contributed by atoms with E-state index in [0.29, 0.717) is 18.6 Å². The van der Waals surface area contributed by atoms with Crippen LogP contribution < -0.4 is 11.0 Å². The van der Waals surface area contributed by atoms with Crippen molar-refractivity contribution in [3.63, 3.8) is 0 Å². The summed E-state index contributed by atoms with van der Waals surface area (Å²) in [6.45, 7) is 0.893. The summed E-state index contributed by atoms with van der Waals surface area (Å²) in [5.41, 5.74) is 1.41. The third kappa shape index (κ3) is 2.52. The number of aromatic nitrogens is 2. The van der Waals surface area contributed by atoms with Crippen molar-refractivity contribution < 1.29 is 14.3 Å². The van der Waals surface area contributed by atoms with E-state index in [1.165, 1.54) is 0 Å². The van der Waals surface area contributed by atoms with Gasteiger partial charge >= 0.3 is 5.69 Å². The van der Waals surface area contributed by atoms with Gasteiger partial charge in [0.25, 0.3) is 0 Å². The predicted molar refractivity (Wildman–Crippen MR) is 108 cm³/mol. The van der Waals surface area contributed by atoms with Crippen molar-refractivity contribution in [3.05, 3.63) is 46.4 Å². The first-order chi connectivity index (χ1) is 14.5. The van der Waals surface area contributed by atoms with Crippen molar-refractivity contribution in [1.29, 1.82) is 0 Å². The molecule has 2 bridgehead atoms. The average molecular weight is 408 g/mol. The Morgan fingerprint density at radius 1 is 1.20 bits per heavy atom. The summed E-state index contributed by atoms with van der Waals surface area (Å²) < 4.78 is 6.21. The number of nitrogens with one attached hydrogen (secondary N) is 3. The molecule has 8 nitrogen and oxygen atoms in total. The van der Waals surface area contributed by atoms with Gasteiger partial charge in [-0.3, -0.25) is 9.59 Å². The SMILES string of the molecule is O=C(NCc1ccc2[nH]c(=O)[nH]c2c1)[C@H]1[C@H]2C(=O)N(C3CCCC3)C[C@@]23C=C[C@H]1O3. The number of nitrogens with zero attached hydrogens (tertiary/aromatic N) is 1. The number of hydrogen-bond donors (Lipinski definition) is 3. The van der Waals surface area contributed by atoms with Crippen molar-refractivity contribution in [2.24, 2.45) is 11.8 Å². The number of rotatable bonds is 4. The zero-order valence-electron chi connectivity index (χ0n) is 16.5. The van der Waals surface area contributed by atoms with Crippen LogP contribution in [0, 0.1) is 11.8 Å². The van der Waals surface area contributed by atoms with Crippen LogP contribution in [0.1, 0.15) is 31.2 Å². The molecular weight excluding hydrogens is 384 g/mol. The predicted octanol–water partition coefficient (Wildman–Crippen LogP) is 1.20. The highest BCUT2D eigenvalue weighted by Crippen LogP contribution is 2.53. The number of aromatic amines is 2. The van der Waals surface area contributed by atoms with Crippen molar-refractivity contribution in [1.82, 2.24) is 20.2 Å². The van der Waals surface area contributed by atoms with Gasteiger partial charge in [0.2, 0.25) is 11.8 Å². The Labute approximate surface area is 172 Å². The number of imidazole rings is 1. The molecule has 156 valence electrons. The quantitative estimate of drug-likeness (QED) is 0.661. The molecule has 2 aromatic rings. The van der Waals surface area contributed by atoms with Gasteiger partial charge in [0.1, 0.15) is 5.60 Å². The summed E-state index contributed by atoms with van der Waals surface area (Å²) in [4.78, 5) is 45.3. The fourth-order valence-electron chi connectivity index (χ4n) is 5.85. The van der Waals surface area contributed by atoms with Crippen LogP contribution in [0.15, 0.2) is 35.1 Å². The monoisotopic (exact) mass is 408 g/mol. The average Bonchev–Trinajstić information content (AvgIpc) is 3.52. The minimum atomic E-state index is -0.643. The van der Waals surface area contributed by atoms with Crippen LogP contribution in [-0.2, 0) is 20.9 Å². The zero-order valence-corrected chi connectivity index (χ0v) is 16.5. The summed E-state index contributed by atoms with van der Waals surface area (Å²) in [5.74, 6) is -1.01. The Bertz CT molecular complexity index is 1130. The number of benzene rings is 1. The topological polar surface area (TPSA) is 107 Å². The van der Waals surface area contributed by atoms with E-state index in [1.54, 1.807) is 0 Å². The second-order valence-electron chi connectivity index (χ2n) is 8.98. The van der Waals surface area contributed by atoms with E-state index in [9.17, 15) is 14.4 Å². The minimum absolute atomic E-state index is 0.0696. The van der Waals surface area contributed by atoms with E-state index in [2.05, 4.69) is 15.3 Å². The number of carbonyl (C=O) groups is 2. The van der Waals surface area contributed by atoms with E-state index in [4.69, 9.17) is 4.74 Å². The largest absolute Gasteiger partial charge is 0.360 e. The molecule has 0 unspecified atom stereocenters. The molecule has 8 heteroatoms. The Balaban J connectivity index is 1.20. The summed E-state index contributed by atoms with van der Waals surface area (Å²) in [6, 6.07) is 5.81. The fraction of sp³-hybridized carbons (Fsp3) is 0.500. The minimum Gasteiger partial charge on any atom is -0.360 e. The van der Waals surface area contributed by atoms with Crippen LogP contribution in [-0.4, -0.2) is 51.0 Å². The third-order valence-corrected chi connectivity index (χ3v) is 7.24. The lowest BCUT2D eigenvalue weighted by atomic mass is 9.77. The van der Waals surface area contributed by atoms with Crippen LogP contribution in [0.4, 0.5) is 0 Å².